The summed E-state index contributed by atoms with van der Waals surface area (Å²) < 4.78 is 29.0. The van der Waals surface area contributed by atoms with Crippen LogP contribution in [0.25, 0.3) is 5.65 Å². The SMILES string of the molecule is Cc1ccc(S(=O)(=O)N2CCCC2C(=O)NC(C)c2nnc3c(=O)[nH]ccn23)s1. The summed E-state index contributed by atoms with van der Waals surface area (Å²) in [6.07, 6.45) is 4.12. The summed E-state index contributed by atoms with van der Waals surface area (Å²) in [7, 11) is -3.73. The number of aromatic amines is 1. The maximum absolute atomic E-state index is 13.0. The first-order chi connectivity index (χ1) is 13.8. The topological polar surface area (TPSA) is 130 Å². The van der Waals surface area contributed by atoms with Crippen LogP contribution in [0.2, 0.25) is 0 Å². The number of carbonyl (C=O) groups is 1. The fourth-order valence-corrected chi connectivity index (χ4v) is 6.55. The summed E-state index contributed by atoms with van der Waals surface area (Å²) in [4.78, 5) is 28.1. The van der Waals surface area contributed by atoms with Crippen LogP contribution < -0.4 is 10.9 Å². The van der Waals surface area contributed by atoms with Crippen molar-refractivity contribution in [2.45, 2.75) is 43.0 Å². The molecule has 0 bridgehead atoms. The Morgan fingerprint density at radius 1 is 1.38 bits per heavy atom. The first kappa shape index (κ1) is 19.7. The molecule has 3 aromatic rings. The molecule has 0 aliphatic carbocycles. The summed E-state index contributed by atoms with van der Waals surface area (Å²) in [5.41, 5.74) is -0.259. The van der Waals surface area contributed by atoms with Crippen molar-refractivity contribution in [1.29, 1.82) is 0 Å². The highest BCUT2D eigenvalue weighted by atomic mass is 32.2. The quantitative estimate of drug-likeness (QED) is 0.609. The number of H-pyrrole nitrogens is 1. The number of nitrogens with one attached hydrogen (secondary N) is 2. The Hall–Kier alpha value is -2.57. The van der Waals surface area contributed by atoms with Crippen molar-refractivity contribution in [2.75, 3.05) is 6.54 Å². The fourth-order valence-electron chi connectivity index (χ4n) is 3.48. The van der Waals surface area contributed by atoms with Crippen LogP contribution in [0.3, 0.4) is 0 Å². The van der Waals surface area contributed by atoms with Crippen molar-refractivity contribution in [3.63, 3.8) is 0 Å². The third-order valence-electron chi connectivity index (χ3n) is 4.89. The molecule has 0 aromatic carbocycles. The van der Waals surface area contributed by atoms with Gasteiger partial charge >= 0.3 is 0 Å². The molecule has 1 fully saturated rings. The van der Waals surface area contributed by atoms with Crippen molar-refractivity contribution in [1.82, 2.24) is 29.2 Å². The van der Waals surface area contributed by atoms with Gasteiger partial charge in [-0.15, -0.1) is 21.5 Å². The zero-order valence-electron chi connectivity index (χ0n) is 15.8. The van der Waals surface area contributed by atoms with E-state index in [-0.39, 0.29) is 15.4 Å². The molecule has 0 spiro atoms. The van der Waals surface area contributed by atoms with Crippen molar-refractivity contribution in [3.8, 4) is 0 Å². The van der Waals surface area contributed by atoms with Gasteiger partial charge in [0.2, 0.25) is 11.6 Å². The van der Waals surface area contributed by atoms with Crippen LogP contribution in [-0.4, -0.2) is 50.8 Å². The number of aryl methyl sites for hydroxylation is 1. The average molecular weight is 437 g/mol. The highest BCUT2D eigenvalue weighted by molar-refractivity contribution is 7.91. The smallest absolute Gasteiger partial charge is 0.293 e. The van der Waals surface area contributed by atoms with E-state index in [1.807, 2.05) is 6.92 Å². The van der Waals surface area contributed by atoms with Gasteiger partial charge in [-0.3, -0.25) is 14.0 Å². The van der Waals surface area contributed by atoms with Gasteiger partial charge in [-0.1, -0.05) is 0 Å². The van der Waals surface area contributed by atoms with E-state index in [0.29, 0.717) is 25.2 Å². The second-order valence-corrected chi connectivity index (χ2v) is 10.3. The van der Waals surface area contributed by atoms with Gasteiger partial charge in [-0.2, -0.15) is 4.31 Å². The third-order valence-corrected chi connectivity index (χ3v) is 8.27. The number of nitrogens with zero attached hydrogens (tertiary/aromatic N) is 4. The molecule has 154 valence electrons. The summed E-state index contributed by atoms with van der Waals surface area (Å²) in [6, 6.07) is 1.98. The number of amides is 1. The van der Waals surface area contributed by atoms with Gasteiger partial charge in [0.1, 0.15) is 10.3 Å². The first-order valence-electron chi connectivity index (χ1n) is 9.10. The van der Waals surface area contributed by atoms with E-state index >= 15 is 0 Å². The van der Waals surface area contributed by atoms with Crippen LogP contribution in [0.15, 0.2) is 33.5 Å². The molecule has 3 aromatic heterocycles. The lowest BCUT2D eigenvalue weighted by molar-refractivity contribution is -0.124. The van der Waals surface area contributed by atoms with Crippen molar-refractivity contribution >= 4 is 32.9 Å². The lowest BCUT2D eigenvalue weighted by atomic mass is 10.2. The van der Waals surface area contributed by atoms with E-state index in [2.05, 4.69) is 20.5 Å². The van der Waals surface area contributed by atoms with Gasteiger partial charge in [-0.05, 0) is 38.8 Å². The van der Waals surface area contributed by atoms with Gasteiger partial charge in [0.05, 0.1) is 6.04 Å². The third kappa shape index (κ3) is 3.47. The maximum Gasteiger partial charge on any atom is 0.293 e. The minimum atomic E-state index is -3.73. The van der Waals surface area contributed by atoms with E-state index < -0.39 is 28.0 Å². The fraction of sp³-hybridized carbons (Fsp3) is 0.412. The summed E-state index contributed by atoms with van der Waals surface area (Å²) in [5, 5.41) is 10.7. The second kappa shape index (κ2) is 7.35. The van der Waals surface area contributed by atoms with Crippen LogP contribution in [0.4, 0.5) is 0 Å². The van der Waals surface area contributed by atoms with Crippen LogP contribution in [0, 0.1) is 6.92 Å². The standard InChI is InChI=1S/C17H20N6O4S2/c1-10-5-6-13(28-10)29(26,27)23-8-3-4-12(23)16(24)19-11(2)14-20-21-15-17(25)18-7-9-22(14)15/h5-7,9,11-12H,3-4,8H2,1-2H3,(H,18,25)(H,19,24). The number of aromatic nitrogens is 4. The Kier molecular flexibility index (Phi) is 5.00. The van der Waals surface area contributed by atoms with Crippen LogP contribution in [0.1, 0.15) is 36.5 Å². The van der Waals surface area contributed by atoms with Crippen LogP contribution in [-0.2, 0) is 14.8 Å². The van der Waals surface area contributed by atoms with Gasteiger partial charge in [0.15, 0.2) is 5.82 Å². The number of sulfonamides is 1. The Balaban J connectivity index is 1.55. The molecule has 4 rings (SSSR count). The Morgan fingerprint density at radius 3 is 2.90 bits per heavy atom. The molecule has 1 aliphatic rings. The number of rotatable bonds is 5. The molecule has 1 aliphatic heterocycles. The Morgan fingerprint density at radius 2 is 2.17 bits per heavy atom. The lowest BCUT2D eigenvalue weighted by Crippen LogP contribution is -2.46. The summed E-state index contributed by atoms with van der Waals surface area (Å²) in [5.74, 6) is -0.00539. The van der Waals surface area contributed by atoms with Gasteiger partial charge in [-0.25, -0.2) is 8.42 Å². The molecule has 29 heavy (non-hydrogen) atoms. The predicted octanol–water partition coefficient (Wildman–Crippen LogP) is 0.818. The lowest BCUT2D eigenvalue weighted by Gasteiger charge is -2.24. The van der Waals surface area contributed by atoms with E-state index in [9.17, 15) is 18.0 Å². The zero-order valence-corrected chi connectivity index (χ0v) is 17.5. The molecular weight excluding hydrogens is 416 g/mol. The molecule has 4 heterocycles. The maximum atomic E-state index is 13.0. The van der Waals surface area contributed by atoms with Crippen molar-refractivity contribution < 1.29 is 13.2 Å². The minimum Gasteiger partial charge on any atom is -0.345 e. The van der Waals surface area contributed by atoms with E-state index in [0.717, 1.165) is 4.88 Å². The summed E-state index contributed by atoms with van der Waals surface area (Å²) in [6.45, 7) is 3.86. The number of hydrogen-bond acceptors (Lipinski definition) is 7. The molecule has 10 nitrogen and oxygen atoms in total. The van der Waals surface area contributed by atoms with Gasteiger partial charge < -0.3 is 10.3 Å². The Bertz CT molecular complexity index is 1230. The van der Waals surface area contributed by atoms with Crippen molar-refractivity contribution in [3.05, 3.63) is 45.6 Å². The monoisotopic (exact) mass is 436 g/mol. The highest BCUT2D eigenvalue weighted by Crippen LogP contribution is 2.30. The van der Waals surface area contributed by atoms with Gasteiger partial charge in [0.25, 0.3) is 15.6 Å². The number of carbonyl (C=O) groups excluding carboxylic acids is 1. The first-order valence-corrected chi connectivity index (χ1v) is 11.4. The number of thiophene rings is 1. The normalized spacial score (nSPS) is 18.9. The molecule has 2 atom stereocenters. The van der Waals surface area contributed by atoms with Crippen LogP contribution in [0.5, 0.6) is 0 Å². The molecule has 0 radical (unpaired) electrons. The van der Waals surface area contributed by atoms with E-state index in [1.54, 1.807) is 25.3 Å². The van der Waals surface area contributed by atoms with E-state index in [4.69, 9.17) is 0 Å². The van der Waals surface area contributed by atoms with Gasteiger partial charge in [0, 0.05) is 23.8 Å². The largest absolute Gasteiger partial charge is 0.345 e. The molecule has 2 unspecified atom stereocenters. The molecule has 1 saturated heterocycles. The molecule has 0 saturated carbocycles. The minimum absolute atomic E-state index is 0.127. The number of fused-ring (bicyclic) bond motifs is 1. The second-order valence-electron chi connectivity index (χ2n) is 6.91. The molecular formula is C17H20N6O4S2. The average Bonchev–Trinajstić information content (AvgIpc) is 3.41. The highest BCUT2D eigenvalue weighted by Gasteiger charge is 2.40. The van der Waals surface area contributed by atoms with Crippen LogP contribution >= 0.6 is 11.3 Å². The Labute approximate surface area is 170 Å². The number of hydrogen-bond donors (Lipinski definition) is 2. The molecule has 1 amide bonds. The summed E-state index contributed by atoms with van der Waals surface area (Å²) >= 11 is 1.19. The van der Waals surface area contributed by atoms with E-state index in [1.165, 1.54) is 26.2 Å². The zero-order chi connectivity index (χ0) is 20.8. The molecule has 2 N–H and O–H groups in total. The van der Waals surface area contributed by atoms with Crippen molar-refractivity contribution in [2.24, 2.45) is 0 Å². The molecule has 12 heteroatoms. The predicted molar refractivity (Wildman–Crippen MR) is 106 cm³/mol.